The van der Waals surface area contributed by atoms with E-state index in [1.165, 1.54) is 29.4 Å². The van der Waals surface area contributed by atoms with Crippen LogP contribution >= 0.6 is 0 Å². The molecule has 216 valence electrons. The molecule has 0 unspecified atom stereocenters. The molecule has 7 nitrogen and oxygen atoms in total. The molecule has 0 bridgehead atoms. The zero-order chi connectivity index (χ0) is 28.4. The average molecular weight is 577 g/mol. The first kappa shape index (κ1) is 27.6. The van der Waals surface area contributed by atoms with E-state index in [1.807, 2.05) is 24.3 Å². The maximum absolute atomic E-state index is 11.7. The minimum Gasteiger partial charge on any atom is -0.493 e. The molecule has 2 heterocycles. The minimum absolute atomic E-state index is 0.00754. The Labute approximate surface area is 241 Å². The number of carbonyl (C=O) groups excluding carboxylic acids is 1. The third kappa shape index (κ3) is 6.38. The number of ether oxygens (including phenoxy) is 4. The van der Waals surface area contributed by atoms with Crippen LogP contribution in [0.4, 0.5) is 0 Å². The molecule has 0 radical (unpaired) electrons. The van der Waals surface area contributed by atoms with Crippen LogP contribution in [0.2, 0.25) is 0 Å². The molecule has 3 aliphatic rings. The lowest BCUT2D eigenvalue weighted by atomic mass is 9.95. The van der Waals surface area contributed by atoms with E-state index in [9.17, 15) is 13.2 Å². The maximum Gasteiger partial charge on any atom is 0.306 e. The van der Waals surface area contributed by atoms with E-state index in [0.29, 0.717) is 45.0 Å². The summed E-state index contributed by atoms with van der Waals surface area (Å²) >= 11 is 0. The number of methoxy groups -OCH3 is 1. The van der Waals surface area contributed by atoms with Gasteiger partial charge in [0.25, 0.3) is 0 Å². The second-order valence-electron chi connectivity index (χ2n) is 11.3. The average Bonchev–Trinajstić information content (AvgIpc) is 3.27. The molecule has 1 aliphatic carbocycles. The van der Waals surface area contributed by atoms with Gasteiger partial charge in [-0.2, -0.15) is 0 Å². The smallest absolute Gasteiger partial charge is 0.306 e. The highest BCUT2D eigenvalue weighted by molar-refractivity contribution is 7.91. The van der Waals surface area contributed by atoms with E-state index < -0.39 is 9.84 Å². The fourth-order valence-electron chi connectivity index (χ4n) is 6.07. The zero-order valence-corrected chi connectivity index (χ0v) is 24.2. The molecule has 2 aliphatic heterocycles. The Morgan fingerprint density at radius 1 is 0.902 bits per heavy atom. The number of rotatable bonds is 8. The van der Waals surface area contributed by atoms with E-state index in [-0.39, 0.29) is 23.4 Å². The summed E-state index contributed by atoms with van der Waals surface area (Å²) in [5.41, 5.74) is 7.20. The summed E-state index contributed by atoms with van der Waals surface area (Å²) in [5.74, 6) is 2.95. The van der Waals surface area contributed by atoms with Crippen molar-refractivity contribution in [2.75, 3.05) is 31.8 Å². The van der Waals surface area contributed by atoms with Gasteiger partial charge in [0, 0.05) is 17.5 Å². The number of benzene rings is 3. The Morgan fingerprint density at radius 3 is 2.51 bits per heavy atom. The number of aryl methyl sites for hydroxylation is 2. The van der Waals surface area contributed by atoms with Crippen molar-refractivity contribution in [3.63, 3.8) is 0 Å². The summed E-state index contributed by atoms with van der Waals surface area (Å²) in [6, 6.07) is 18.8. The maximum atomic E-state index is 11.7. The lowest BCUT2D eigenvalue weighted by Gasteiger charge is -2.22. The van der Waals surface area contributed by atoms with E-state index in [2.05, 4.69) is 30.3 Å². The predicted molar refractivity (Wildman–Crippen MR) is 156 cm³/mol. The predicted octanol–water partition coefficient (Wildman–Crippen LogP) is 5.66. The molecule has 3 aromatic carbocycles. The van der Waals surface area contributed by atoms with Crippen molar-refractivity contribution in [2.45, 2.75) is 51.0 Å². The Balaban J connectivity index is 1.12. The zero-order valence-electron chi connectivity index (χ0n) is 23.4. The van der Waals surface area contributed by atoms with Gasteiger partial charge in [-0.3, -0.25) is 4.79 Å². The molecule has 1 saturated heterocycles. The standard InChI is InChI=1S/C33H36O7S/c1-37-33(34)17-26-21-40-32-18-28(8-10-30(26)32)39-20-23-5-6-24-3-2-4-25-16-27(7-9-29(25)31(24)15-23)38-19-22-11-13-41(35,36)14-12-22/h5-10,15-16,18,22,26H,2-4,11-14,17,19-21H2,1H3/t26-/m1/s1. The fourth-order valence-corrected chi connectivity index (χ4v) is 7.66. The van der Waals surface area contributed by atoms with Crippen LogP contribution in [0.15, 0.2) is 54.6 Å². The van der Waals surface area contributed by atoms with Crippen LogP contribution in [-0.2, 0) is 38.8 Å². The van der Waals surface area contributed by atoms with Crippen LogP contribution in [0.5, 0.6) is 17.2 Å². The van der Waals surface area contributed by atoms with Crippen molar-refractivity contribution in [1.82, 2.24) is 0 Å². The van der Waals surface area contributed by atoms with Gasteiger partial charge in [0.1, 0.15) is 33.7 Å². The second kappa shape index (κ2) is 11.8. The van der Waals surface area contributed by atoms with Gasteiger partial charge in [0.15, 0.2) is 0 Å². The summed E-state index contributed by atoms with van der Waals surface area (Å²) in [5, 5.41) is 0. The number of fused-ring (bicyclic) bond motifs is 4. The molecule has 3 aromatic rings. The third-order valence-corrected chi connectivity index (χ3v) is 10.2. The van der Waals surface area contributed by atoms with Crippen LogP contribution < -0.4 is 14.2 Å². The quantitative estimate of drug-likeness (QED) is 0.320. The van der Waals surface area contributed by atoms with Crippen LogP contribution in [0.1, 0.15) is 53.9 Å². The van der Waals surface area contributed by atoms with Gasteiger partial charge in [-0.25, -0.2) is 8.42 Å². The van der Waals surface area contributed by atoms with E-state index in [4.69, 9.17) is 18.9 Å². The van der Waals surface area contributed by atoms with Gasteiger partial charge in [-0.05, 0) is 90.1 Å². The van der Waals surface area contributed by atoms with Crippen molar-refractivity contribution in [3.05, 3.63) is 76.9 Å². The van der Waals surface area contributed by atoms with Crippen LogP contribution in [-0.4, -0.2) is 46.2 Å². The molecule has 1 atom stereocenters. The summed E-state index contributed by atoms with van der Waals surface area (Å²) in [7, 11) is -1.46. The summed E-state index contributed by atoms with van der Waals surface area (Å²) in [4.78, 5) is 11.7. The Hall–Kier alpha value is -3.52. The fraction of sp³-hybridized carbons (Fsp3) is 0.424. The van der Waals surface area contributed by atoms with Crippen molar-refractivity contribution in [1.29, 1.82) is 0 Å². The summed E-state index contributed by atoms with van der Waals surface area (Å²) < 4.78 is 46.4. The van der Waals surface area contributed by atoms with Gasteiger partial charge < -0.3 is 18.9 Å². The number of hydrogen-bond acceptors (Lipinski definition) is 7. The molecule has 1 fully saturated rings. The molecule has 0 saturated carbocycles. The van der Waals surface area contributed by atoms with Crippen LogP contribution in [0.3, 0.4) is 0 Å². The second-order valence-corrected chi connectivity index (χ2v) is 13.7. The minimum atomic E-state index is -2.86. The van der Waals surface area contributed by atoms with E-state index in [0.717, 1.165) is 47.6 Å². The Bertz CT molecular complexity index is 1530. The topological polar surface area (TPSA) is 88.1 Å². The molecule has 6 rings (SSSR count). The lowest BCUT2D eigenvalue weighted by Crippen LogP contribution is -2.26. The van der Waals surface area contributed by atoms with Gasteiger partial charge >= 0.3 is 5.97 Å². The van der Waals surface area contributed by atoms with Crippen LogP contribution in [0.25, 0.3) is 11.1 Å². The molecule has 0 N–H and O–H groups in total. The number of sulfone groups is 1. The van der Waals surface area contributed by atoms with Crippen molar-refractivity contribution < 1.29 is 32.2 Å². The summed E-state index contributed by atoms with van der Waals surface area (Å²) in [6.45, 7) is 1.47. The third-order valence-electron chi connectivity index (χ3n) is 8.50. The van der Waals surface area contributed by atoms with Crippen molar-refractivity contribution in [2.24, 2.45) is 5.92 Å². The molecule has 0 amide bonds. The number of esters is 1. The van der Waals surface area contributed by atoms with Crippen LogP contribution in [0, 0.1) is 5.92 Å². The SMILES string of the molecule is COC(=O)C[C@@H]1COc2cc(OCc3ccc4c(c3)-c3ccc(OCC5CCS(=O)(=O)CC5)cc3CCC4)ccc21. The van der Waals surface area contributed by atoms with Gasteiger partial charge in [0.2, 0.25) is 0 Å². The normalized spacial score (nSPS) is 19.2. The van der Waals surface area contributed by atoms with E-state index in [1.54, 1.807) is 0 Å². The summed E-state index contributed by atoms with van der Waals surface area (Å²) in [6.07, 6.45) is 4.75. The molecule has 41 heavy (non-hydrogen) atoms. The van der Waals surface area contributed by atoms with Crippen molar-refractivity contribution in [3.8, 4) is 28.4 Å². The first-order valence-electron chi connectivity index (χ1n) is 14.4. The molecular weight excluding hydrogens is 540 g/mol. The van der Waals surface area contributed by atoms with Gasteiger partial charge in [-0.1, -0.05) is 24.3 Å². The first-order valence-corrected chi connectivity index (χ1v) is 16.2. The Kier molecular flexibility index (Phi) is 7.93. The van der Waals surface area contributed by atoms with Gasteiger partial charge in [0.05, 0.1) is 38.3 Å². The largest absolute Gasteiger partial charge is 0.493 e. The Morgan fingerprint density at radius 2 is 1.68 bits per heavy atom. The highest BCUT2D eigenvalue weighted by Crippen LogP contribution is 2.39. The molecule has 8 heteroatoms. The van der Waals surface area contributed by atoms with E-state index >= 15 is 0 Å². The number of carbonyl (C=O) groups is 1. The molecular formula is C33H36O7S. The number of hydrogen-bond donors (Lipinski definition) is 0. The monoisotopic (exact) mass is 576 g/mol. The molecule has 0 spiro atoms. The lowest BCUT2D eigenvalue weighted by molar-refractivity contribution is -0.141. The first-order chi connectivity index (χ1) is 19.9. The highest BCUT2D eigenvalue weighted by atomic mass is 32.2. The molecule has 0 aromatic heterocycles. The highest BCUT2D eigenvalue weighted by Gasteiger charge is 2.27. The van der Waals surface area contributed by atoms with Gasteiger partial charge in [-0.15, -0.1) is 0 Å². The van der Waals surface area contributed by atoms with Crippen molar-refractivity contribution >= 4 is 15.8 Å².